The maximum Gasteiger partial charge on any atom is 0.115 e. The van der Waals surface area contributed by atoms with Crippen LogP contribution in [0.2, 0.25) is 0 Å². The molecule has 2 atom stereocenters. The molecule has 4 rings (SSSR count). The number of rotatable bonds is 3. The lowest BCUT2D eigenvalue weighted by atomic mass is 9.67. The molecule has 1 aliphatic heterocycles. The van der Waals surface area contributed by atoms with Gasteiger partial charge in [-0.05, 0) is 55.2 Å². The van der Waals surface area contributed by atoms with Gasteiger partial charge in [0, 0.05) is 25.0 Å². The summed E-state index contributed by atoms with van der Waals surface area (Å²) in [7, 11) is 0. The molecule has 1 aromatic carbocycles. The van der Waals surface area contributed by atoms with Crippen molar-refractivity contribution in [2.24, 2.45) is 11.8 Å². The molecular formula is C19H25NO. The SMILES string of the molecule is Oc1cccc(C23CC=CCC2CN(CC2CCC2)C3)c1. The Bertz CT molecular complexity index is 548. The van der Waals surface area contributed by atoms with Gasteiger partial charge in [0.1, 0.15) is 5.75 Å². The number of phenolic OH excluding ortho intramolecular Hbond substituents is 1. The fourth-order valence-electron chi connectivity index (χ4n) is 4.60. The molecule has 21 heavy (non-hydrogen) atoms. The van der Waals surface area contributed by atoms with Crippen LogP contribution in [0.15, 0.2) is 36.4 Å². The van der Waals surface area contributed by atoms with Crippen LogP contribution in [0.1, 0.15) is 37.7 Å². The highest BCUT2D eigenvalue weighted by atomic mass is 16.3. The van der Waals surface area contributed by atoms with Crippen molar-refractivity contribution in [3.05, 3.63) is 42.0 Å². The molecule has 1 N–H and O–H groups in total. The van der Waals surface area contributed by atoms with E-state index in [1.807, 2.05) is 12.1 Å². The monoisotopic (exact) mass is 283 g/mol. The molecule has 0 aromatic heterocycles. The normalized spacial score (nSPS) is 32.9. The van der Waals surface area contributed by atoms with Crippen LogP contribution in [-0.4, -0.2) is 29.6 Å². The van der Waals surface area contributed by atoms with E-state index < -0.39 is 0 Å². The molecule has 1 heterocycles. The lowest BCUT2D eigenvalue weighted by Crippen LogP contribution is -2.37. The summed E-state index contributed by atoms with van der Waals surface area (Å²) in [6, 6.07) is 8.01. The van der Waals surface area contributed by atoms with Gasteiger partial charge in [0.25, 0.3) is 0 Å². The van der Waals surface area contributed by atoms with E-state index in [0.29, 0.717) is 11.7 Å². The zero-order valence-electron chi connectivity index (χ0n) is 12.7. The van der Waals surface area contributed by atoms with Crippen molar-refractivity contribution >= 4 is 0 Å². The molecule has 2 fully saturated rings. The summed E-state index contributed by atoms with van der Waals surface area (Å²) in [6.45, 7) is 3.69. The van der Waals surface area contributed by atoms with Crippen molar-refractivity contribution in [3.63, 3.8) is 0 Å². The molecule has 0 bridgehead atoms. The Hall–Kier alpha value is -1.28. The lowest BCUT2D eigenvalue weighted by Gasteiger charge is -2.37. The molecule has 1 aromatic rings. The highest BCUT2D eigenvalue weighted by Crippen LogP contribution is 2.47. The minimum Gasteiger partial charge on any atom is -0.508 e. The number of allylic oxidation sites excluding steroid dienone is 2. The number of nitrogens with zero attached hydrogens (tertiary/aromatic N) is 1. The van der Waals surface area contributed by atoms with E-state index in [1.54, 1.807) is 6.07 Å². The Morgan fingerprint density at radius 2 is 2.14 bits per heavy atom. The lowest BCUT2D eigenvalue weighted by molar-refractivity contribution is 0.196. The first kappa shape index (κ1) is 13.4. The van der Waals surface area contributed by atoms with E-state index in [-0.39, 0.29) is 5.41 Å². The minimum absolute atomic E-state index is 0.233. The first-order valence-corrected chi connectivity index (χ1v) is 8.43. The molecule has 0 radical (unpaired) electrons. The largest absolute Gasteiger partial charge is 0.508 e. The number of likely N-dealkylation sites (tertiary alicyclic amines) is 1. The first-order chi connectivity index (χ1) is 10.3. The number of benzene rings is 1. The van der Waals surface area contributed by atoms with Crippen molar-refractivity contribution in [2.75, 3.05) is 19.6 Å². The summed E-state index contributed by atoms with van der Waals surface area (Å²) < 4.78 is 0. The Morgan fingerprint density at radius 1 is 1.24 bits per heavy atom. The summed E-state index contributed by atoms with van der Waals surface area (Å²) >= 11 is 0. The van der Waals surface area contributed by atoms with Gasteiger partial charge in [0.05, 0.1) is 0 Å². The van der Waals surface area contributed by atoms with E-state index in [4.69, 9.17) is 0 Å². The number of phenols is 1. The van der Waals surface area contributed by atoms with Crippen molar-refractivity contribution < 1.29 is 5.11 Å². The second-order valence-corrected chi connectivity index (χ2v) is 7.31. The van der Waals surface area contributed by atoms with Gasteiger partial charge < -0.3 is 10.0 Å². The molecular weight excluding hydrogens is 258 g/mol. The van der Waals surface area contributed by atoms with Gasteiger partial charge in [-0.1, -0.05) is 30.7 Å². The third kappa shape index (κ3) is 2.30. The van der Waals surface area contributed by atoms with Crippen LogP contribution >= 0.6 is 0 Å². The van der Waals surface area contributed by atoms with E-state index in [9.17, 15) is 5.11 Å². The highest BCUT2D eigenvalue weighted by molar-refractivity contribution is 5.37. The van der Waals surface area contributed by atoms with Crippen LogP contribution < -0.4 is 0 Å². The van der Waals surface area contributed by atoms with Crippen LogP contribution in [0.3, 0.4) is 0 Å². The predicted octanol–water partition coefficient (Wildman–Crippen LogP) is 3.71. The van der Waals surface area contributed by atoms with Crippen molar-refractivity contribution in [3.8, 4) is 5.75 Å². The van der Waals surface area contributed by atoms with Gasteiger partial charge in [0.2, 0.25) is 0 Å². The molecule has 3 aliphatic rings. The summed E-state index contributed by atoms with van der Waals surface area (Å²) in [5.74, 6) is 2.07. The quantitative estimate of drug-likeness (QED) is 0.855. The minimum atomic E-state index is 0.233. The molecule has 0 amide bonds. The third-order valence-electron chi connectivity index (χ3n) is 6.00. The number of aromatic hydroxyl groups is 1. The summed E-state index contributed by atoms with van der Waals surface area (Å²) in [6.07, 6.45) is 11.3. The zero-order valence-corrected chi connectivity index (χ0v) is 12.7. The van der Waals surface area contributed by atoms with Crippen molar-refractivity contribution in [2.45, 2.75) is 37.5 Å². The summed E-state index contributed by atoms with van der Waals surface area (Å²) in [5, 5.41) is 9.89. The molecule has 1 saturated carbocycles. The van der Waals surface area contributed by atoms with Gasteiger partial charge >= 0.3 is 0 Å². The van der Waals surface area contributed by atoms with Crippen LogP contribution in [0.4, 0.5) is 0 Å². The van der Waals surface area contributed by atoms with Gasteiger partial charge in [-0.15, -0.1) is 0 Å². The van der Waals surface area contributed by atoms with Crippen LogP contribution in [0, 0.1) is 11.8 Å². The molecule has 0 spiro atoms. The number of fused-ring (bicyclic) bond motifs is 1. The fourth-order valence-corrected chi connectivity index (χ4v) is 4.60. The second-order valence-electron chi connectivity index (χ2n) is 7.31. The van der Waals surface area contributed by atoms with E-state index >= 15 is 0 Å². The maximum absolute atomic E-state index is 9.89. The number of hydrogen-bond donors (Lipinski definition) is 1. The third-order valence-corrected chi connectivity index (χ3v) is 6.00. The molecule has 2 nitrogen and oxygen atoms in total. The first-order valence-electron chi connectivity index (χ1n) is 8.43. The van der Waals surface area contributed by atoms with Crippen LogP contribution in [-0.2, 0) is 5.41 Å². The fraction of sp³-hybridized carbons (Fsp3) is 0.579. The molecule has 112 valence electrons. The van der Waals surface area contributed by atoms with E-state index in [0.717, 1.165) is 12.3 Å². The van der Waals surface area contributed by atoms with Crippen LogP contribution in [0.5, 0.6) is 5.75 Å². The molecule has 2 heteroatoms. The van der Waals surface area contributed by atoms with Crippen molar-refractivity contribution in [1.29, 1.82) is 0 Å². The molecule has 1 saturated heterocycles. The smallest absolute Gasteiger partial charge is 0.115 e. The Balaban J connectivity index is 1.61. The predicted molar refractivity (Wildman–Crippen MR) is 85.4 cm³/mol. The van der Waals surface area contributed by atoms with E-state index in [1.165, 1.54) is 50.9 Å². The Kier molecular flexibility index (Phi) is 3.30. The van der Waals surface area contributed by atoms with Crippen molar-refractivity contribution in [1.82, 2.24) is 4.90 Å². The molecule has 2 unspecified atom stereocenters. The highest BCUT2D eigenvalue weighted by Gasteiger charge is 2.47. The zero-order chi connectivity index (χ0) is 14.3. The van der Waals surface area contributed by atoms with E-state index in [2.05, 4.69) is 23.1 Å². The maximum atomic E-state index is 9.89. The summed E-state index contributed by atoms with van der Waals surface area (Å²) in [4.78, 5) is 2.70. The van der Waals surface area contributed by atoms with Gasteiger partial charge in [-0.25, -0.2) is 0 Å². The van der Waals surface area contributed by atoms with Gasteiger partial charge in [-0.2, -0.15) is 0 Å². The number of hydrogen-bond acceptors (Lipinski definition) is 2. The van der Waals surface area contributed by atoms with Gasteiger partial charge in [-0.3, -0.25) is 0 Å². The summed E-state index contributed by atoms with van der Waals surface area (Å²) in [5.41, 5.74) is 1.57. The standard InChI is InChI=1S/C19H25NO/c21-18-9-4-8-16(11-18)19-10-2-1-7-17(19)13-20(14-19)12-15-5-3-6-15/h1-2,4,8-9,11,15,17,21H,3,5-7,10,12-14H2. The topological polar surface area (TPSA) is 23.5 Å². The average Bonchev–Trinajstić information content (AvgIpc) is 2.82. The Labute approximate surface area is 127 Å². The van der Waals surface area contributed by atoms with Gasteiger partial charge in [0.15, 0.2) is 0 Å². The van der Waals surface area contributed by atoms with Crippen LogP contribution in [0.25, 0.3) is 0 Å². The Morgan fingerprint density at radius 3 is 2.90 bits per heavy atom. The molecule has 2 aliphatic carbocycles. The second kappa shape index (κ2) is 5.17. The average molecular weight is 283 g/mol.